The second-order valence-electron chi connectivity index (χ2n) is 5.38. The van der Waals surface area contributed by atoms with Crippen molar-refractivity contribution in [2.45, 2.75) is 6.54 Å². The molecule has 0 aliphatic heterocycles. The van der Waals surface area contributed by atoms with Crippen molar-refractivity contribution < 1.29 is 9.90 Å². The van der Waals surface area contributed by atoms with E-state index >= 15 is 0 Å². The third kappa shape index (κ3) is 3.80. The number of amides is 1. The molecule has 2 aromatic carbocycles. The normalized spacial score (nSPS) is 10.4. The average Bonchev–Trinajstić information content (AvgIpc) is 2.49. The number of nitrogens with zero attached hydrogens (tertiary/aromatic N) is 2. The third-order valence-corrected chi connectivity index (χ3v) is 3.90. The maximum atomic E-state index is 12.4. The van der Waals surface area contributed by atoms with Crippen LogP contribution in [0.4, 0.5) is 5.69 Å². The van der Waals surface area contributed by atoms with Gasteiger partial charge in [-0.15, -0.1) is 0 Å². The summed E-state index contributed by atoms with van der Waals surface area (Å²) in [6.45, 7) is 0.485. The van der Waals surface area contributed by atoms with E-state index in [1.54, 1.807) is 24.1 Å². The molecule has 2 aromatic rings. The maximum absolute atomic E-state index is 12.4. The Bertz CT molecular complexity index is 669. The standard InChI is InChI=1S/C17H19BrN2O2/c1-19(2)14-7-4-12(5-8-14)11-20(3)17(22)15-10-13(18)6-9-16(15)21/h4-10,21H,11H2,1-3H3. The number of rotatable bonds is 4. The van der Waals surface area contributed by atoms with Crippen molar-refractivity contribution in [2.75, 3.05) is 26.0 Å². The summed E-state index contributed by atoms with van der Waals surface area (Å²) < 4.78 is 0.761. The van der Waals surface area contributed by atoms with Crippen molar-refractivity contribution in [1.29, 1.82) is 0 Å². The van der Waals surface area contributed by atoms with Gasteiger partial charge in [-0.1, -0.05) is 28.1 Å². The van der Waals surface area contributed by atoms with E-state index in [1.165, 1.54) is 6.07 Å². The highest BCUT2D eigenvalue weighted by Crippen LogP contribution is 2.23. The molecule has 0 aromatic heterocycles. The third-order valence-electron chi connectivity index (χ3n) is 3.41. The lowest BCUT2D eigenvalue weighted by Gasteiger charge is -2.19. The van der Waals surface area contributed by atoms with Crippen LogP contribution in [0.25, 0.3) is 0 Å². The van der Waals surface area contributed by atoms with Crippen molar-refractivity contribution in [2.24, 2.45) is 0 Å². The van der Waals surface area contributed by atoms with Crippen molar-refractivity contribution >= 4 is 27.5 Å². The molecule has 0 spiro atoms. The first-order valence-corrected chi connectivity index (χ1v) is 7.68. The number of hydrogen-bond acceptors (Lipinski definition) is 3. The summed E-state index contributed by atoms with van der Waals surface area (Å²) in [6.07, 6.45) is 0. The molecule has 0 bridgehead atoms. The van der Waals surface area contributed by atoms with Crippen molar-refractivity contribution in [1.82, 2.24) is 4.90 Å². The Morgan fingerprint density at radius 1 is 1.09 bits per heavy atom. The molecule has 22 heavy (non-hydrogen) atoms. The minimum Gasteiger partial charge on any atom is -0.507 e. The molecule has 2 rings (SSSR count). The Morgan fingerprint density at radius 3 is 2.32 bits per heavy atom. The van der Waals surface area contributed by atoms with Gasteiger partial charge in [0.15, 0.2) is 0 Å². The molecule has 4 nitrogen and oxygen atoms in total. The van der Waals surface area contributed by atoms with E-state index in [0.717, 1.165) is 15.7 Å². The van der Waals surface area contributed by atoms with Crippen molar-refractivity contribution in [3.8, 4) is 5.75 Å². The Morgan fingerprint density at radius 2 is 1.73 bits per heavy atom. The van der Waals surface area contributed by atoms with E-state index in [-0.39, 0.29) is 11.7 Å². The van der Waals surface area contributed by atoms with Crippen LogP contribution < -0.4 is 4.90 Å². The second-order valence-corrected chi connectivity index (χ2v) is 6.30. The van der Waals surface area contributed by atoms with Crippen LogP contribution in [0, 0.1) is 0 Å². The molecule has 0 aliphatic rings. The molecule has 0 saturated heterocycles. The molecular formula is C17H19BrN2O2. The fourth-order valence-corrected chi connectivity index (χ4v) is 2.49. The molecule has 5 heteroatoms. The molecule has 0 atom stereocenters. The van der Waals surface area contributed by atoms with Crippen molar-refractivity contribution in [3.05, 3.63) is 58.1 Å². The molecule has 0 unspecified atom stereocenters. The fourth-order valence-electron chi connectivity index (χ4n) is 2.13. The van der Waals surface area contributed by atoms with Crippen molar-refractivity contribution in [3.63, 3.8) is 0 Å². The fraction of sp³-hybridized carbons (Fsp3) is 0.235. The zero-order valence-corrected chi connectivity index (χ0v) is 14.5. The molecule has 0 fully saturated rings. The number of anilines is 1. The van der Waals surface area contributed by atoms with Crippen LogP contribution in [-0.4, -0.2) is 37.1 Å². The first kappa shape index (κ1) is 16.4. The van der Waals surface area contributed by atoms with Gasteiger partial charge < -0.3 is 14.9 Å². The highest BCUT2D eigenvalue weighted by atomic mass is 79.9. The number of carbonyl (C=O) groups excluding carboxylic acids is 1. The van der Waals surface area contributed by atoms with E-state index < -0.39 is 0 Å². The van der Waals surface area contributed by atoms with E-state index in [4.69, 9.17) is 0 Å². The number of hydrogen-bond donors (Lipinski definition) is 1. The van der Waals surface area contributed by atoms with Gasteiger partial charge in [-0.25, -0.2) is 0 Å². The van der Waals surface area contributed by atoms with Crippen LogP contribution in [0.2, 0.25) is 0 Å². The molecule has 0 saturated carbocycles. The number of phenols is 1. The predicted octanol–water partition coefficient (Wildman–Crippen LogP) is 3.49. The minimum absolute atomic E-state index is 0.0111. The smallest absolute Gasteiger partial charge is 0.257 e. The van der Waals surface area contributed by atoms with Gasteiger partial charge >= 0.3 is 0 Å². The summed E-state index contributed by atoms with van der Waals surface area (Å²) in [4.78, 5) is 16.0. The highest BCUT2D eigenvalue weighted by molar-refractivity contribution is 9.10. The number of halogens is 1. The molecule has 0 radical (unpaired) electrons. The van der Waals surface area contributed by atoms with Gasteiger partial charge in [0, 0.05) is 37.8 Å². The lowest BCUT2D eigenvalue weighted by atomic mass is 10.1. The van der Waals surface area contributed by atoms with Gasteiger partial charge in [0.05, 0.1) is 5.56 Å². The van der Waals surface area contributed by atoms with E-state index in [0.29, 0.717) is 12.1 Å². The maximum Gasteiger partial charge on any atom is 0.257 e. The highest BCUT2D eigenvalue weighted by Gasteiger charge is 2.16. The van der Waals surface area contributed by atoms with Crippen LogP contribution in [-0.2, 0) is 6.54 Å². The Kier molecular flexibility index (Phi) is 5.08. The summed E-state index contributed by atoms with van der Waals surface area (Å²) in [5, 5.41) is 9.84. The minimum atomic E-state index is -0.213. The molecule has 0 heterocycles. The summed E-state index contributed by atoms with van der Waals surface area (Å²) in [5.74, 6) is -0.224. The van der Waals surface area contributed by atoms with Crippen LogP contribution >= 0.6 is 15.9 Å². The summed E-state index contributed by atoms with van der Waals surface area (Å²) >= 11 is 3.32. The lowest BCUT2D eigenvalue weighted by Crippen LogP contribution is -2.26. The van der Waals surface area contributed by atoms with Crippen LogP contribution in [0.15, 0.2) is 46.9 Å². The SMILES string of the molecule is CN(Cc1ccc(N(C)C)cc1)C(=O)c1cc(Br)ccc1O. The summed E-state index contributed by atoms with van der Waals surface area (Å²) in [6, 6.07) is 12.9. The zero-order chi connectivity index (χ0) is 16.3. The van der Waals surface area contributed by atoms with Crippen LogP contribution in [0.3, 0.4) is 0 Å². The first-order valence-electron chi connectivity index (χ1n) is 6.88. The largest absolute Gasteiger partial charge is 0.507 e. The monoisotopic (exact) mass is 362 g/mol. The van der Waals surface area contributed by atoms with Gasteiger partial charge in [0.2, 0.25) is 0 Å². The number of carbonyl (C=O) groups is 1. The van der Waals surface area contributed by atoms with Gasteiger partial charge in [-0.3, -0.25) is 4.79 Å². The topological polar surface area (TPSA) is 43.8 Å². The second kappa shape index (κ2) is 6.83. The van der Waals surface area contributed by atoms with Gasteiger partial charge in [0.25, 0.3) is 5.91 Å². The van der Waals surface area contributed by atoms with E-state index in [1.807, 2.05) is 43.3 Å². The zero-order valence-electron chi connectivity index (χ0n) is 12.9. The number of phenolic OH excluding ortho intramolecular Hbond substituents is 1. The predicted molar refractivity (Wildman–Crippen MR) is 92.4 cm³/mol. The van der Waals surface area contributed by atoms with Crippen LogP contribution in [0.5, 0.6) is 5.75 Å². The average molecular weight is 363 g/mol. The Labute approximate surface area is 139 Å². The number of aromatic hydroxyl groups is 1. The summed E-state index contributed by atoms with van der Waals surface area (Å²) in [5.41, 5.74) is 2.44. The Hall–Kier alpha value is -2.01. The van der Waals surface area contributed by atoms with E-state index in [9.17, 15) is 9.90 Å². The number of benzene rings is 2. The molecular weight excluding hydrogens is 344 g/mol. The van der Waals surface area contributed by atoms with Gasteiger partial charge in [0.1, 0.15) is 5.75 Å². The molecule has 116 valence electrons. The molecule has 1 amide bonds. The van der Waals surface area contributed by atoms with Gasteiger partial charge in [-0.2, -0.15) is 0 Å². The quantitative estimate of drug-likeness (QED) is 0.905. The Balaban J connectivity index is 2.12. The molecule has 1 N–H and O–H groups in total. The van der Waals surface area contributed by atoms with Crippen LogP contribution in [0.1, 0.15) is 15.9 Å². The summed E-state index contributed by atoms with van der Waals surface area (Å²) in [7, 11) is 5.70. The van der Waals surface area contributed by atoms with E-state index in [2.05, 4.69) is 15.9 Å². The molecule has 0 aliphatic carbocycles. The first-order chi connectivity index (χ1) is 10.4. The lowest BCUT2D eigenvalue weighted by molar-refractivity contribution is 0.0782. The van der Waals surface area contributed by atoms with Gasteiger partial charge in [-0.05, 0) is 35.9 Å².